The number of benzene rings is 2. The van der Waals surface area contributed by atoms with E-state index in [1.807, 2.05) is 12.1 Å². The van der Waals surface area contributed by atoms with E-state index in [2.05, 4.69) is 51.1 Å². The zero-order valence-corrected chi connectivity index (χ0v) is 14.6. The molecule has 0 atom stereocenters. The summed E-state index contributed by atoms with van der Waals surface area (Å²) in [6, 6.07) is 16.0. The molecule has 0 nitrogen and oxygen atoms in total. The predicted octanol–water partition coefficient (Wildman–Crippen LogP) is 6.65. The van der Waals surface area contributed by atoms with Gasteiger partial charge in [0.25, 0.3) is 0 Å². The molecule has 3 aromatic rings. The van der Waals surface area contributed by atoms with E-state index in [9.17, 15) is 4.39 Å². The highest BCUT2D eigenvalue weighted by atomic mass is 32.1. The van der Waals surface area contributed by atoms with Crippen LogP contribution in [-0.4, -0.2) is 0 Å². The van der Waals surface area contributed by atoms with Gasteiger partial charge in [-0.3, -0.25) is 0 Å². The molecule has 0 saturated heterocycles. The van der Waals surface area contributed by atoms with Crippen LogP contribution in [0.1, 0.15) is 29.9 Å². The molecule has 0 unspecified atom stereocenters. The molecule has 0 aliphatic heterocycles. The molecule has 118 valence electrons. The molecule has 3 rings (SSSR count). The zero-order valence-electron chi connectivity index (χ0n) is 13.8. The minimum atomic E-state index is -0.147. The van der Waals surface area contributed by atoms with Crippen molar-refractivity contribution in [2.24, 2.45) is 0 Å². The predicted molar refractivity (Wildman–Crippen MR) is 98.6 cm³/mol. The normalized spacial score (nSPS) is 11.0. The Morgan fingerprint density at radius 1 is 0.870 bits per heavy atom. The van der Waals surface area contributed by atoms with E-state index in [4.69, 9.17) is 0 Å². The van der Waals surface area contributed by atoms with Gasteiger partial charge in [0.05, 0.1) is 0 Å². The molecule has 0 amide bonds. The Bertz CT molecular complexity index is 812. The number of hydrogen-bond donors (Lipinski definition) is 0. The van der Waals surface area contributed by atoms with Gasteiger partial charge in [0.1, 0.15) is 5.82 Å². The van der Waals surface area contributed by atoms with Crippen molar-refractivity contribution in [1.82, 2.24) is 0 Å². The second-order valence-corrected chi connectivity index (χ2v) is 6.95. The van der Waals surface area contributed by atoms with Crippen LogP contribution in [0.3, 0.4) is 0 Å². The monoisotopic (exact) mass is 324 g/mol. The summed E-state index contributed by atoms with van der Waals surface area (Å²) in [5.74, 6) is -0.147. The standard InChI is InChI=1S/C21H21FS/c1-4-15-6-8-16(9-7-15)17-10-11-18(19(22)13-17)21-12-14(3)20(5-2)23-21/h6-13H,4-5H2,1-3H3. The zero-order chi connectivity index (χ0) is 16.4. The lowest BCUT2D eigenvalue weighted by atomic mass is 10.0. The molecule has 0 spiro atoms. The van der Waals surface area contributed by atoms with Gasteiger partial charge in [-0.25, -0.2) is 4.39 Å². The third kappa shape index (κ3) is 3.23. The van der Waals surface area contributed by atoms with E-state index >= 15 is 0 Å². The number of thiophene rings is 1. The van der Waals surface area contributed by atoms with Crippen LogP contribution in [0.5, 0.6) is 0 Å². The van der Waals surface area contributed by atoms with Crippen LogP contribution in [0.15, 0.2) is 48.5 Å². The summed E-state index contributed by atoms with van der Waals surface area (Å²) in [5.41, 5.74) is 5.24. The van der Waals surface area contributed by atoms with Crippen LogP contribution in [-0.2, 0) is 12.8 Å². The molecule has 2 heteroatoms. The average molecular weight is 324 g/mol. The molecular weight excluding hydrogens is 303 g/mol. The van der Waals surface area contributed by atoms with Crippen LogP contribution >= 0.6 is 11.3 Å². The van der Waals surface area contributed by atoms with Gasteiger partial charge < -0.3 is 0 Å². The quantitative estimate of drug-likeness (QED) is 0.503. The molecule has 2 aromatic carbocycles. The molecule has 0 saturated carbocycles. The molecular formula is C21H21FS. The molecule has 0 bridgehead atoms. The fraction of sp³-hybridized carbons (Fsp3) is 0.238. The van der Waals surface area contributed by atoms with Crippen LogP contribution in [0, 0.1) is 12.7 Å². The summed E-state index contributed by atoms with van der Waals surface area (Å²) in [5, 5.41) is 0. The minimum absolute atomic E-state index is 0.147. The van der Waals surface area contributed by atoms with E-state index in [1.165, 1.54) is 16.0 Å². The fourth-order valence-corrected chi connectivity index (χ4v) is 3.97. The maximum Gasteiger partial charge on any atom is 0.132 e. The number of hydrogen-bond acceptors (Lipinski definition) is 1. The Kier molecular flexibility index (Phi) is 4.63. The van der Waals surface area contributed by atoms with Crippen molar-refractivity contribution in [3.05, 3.63) is 70.4 Å². The van der Waals surface area contributed by atoms with Crippen LogP contribution < -0.4 is 0 Å². The summed E-state index contributed by atoms with van der Waals surface area (Å²) in [4.78, 5) is 2.35. The van der Waals surface area contributed by atoms with Crippen molar-refractivity contribution >= 4 is 11.3 Å². The first-order valence-electron chi connectivity index (χ1n) is 8.11. The summed E-state index contributed by atoms with van der Waals surface area (Å²) < 4.78 is 14.6. The van der Waals surface area contributed by atoms with Crippen molar-refractivity contribution in [3.8, 4) is 21.6 Å². The second-order valence-electron chi connectivity index (χ2n) is 5.82. The summed E-state index contributed by atoms with van der Waals surface area (Å²) in [7, 11) is 0. The van der Waals surface area contributed by atoms with Gasteiger partial charge in [0.15, 0.2) is 0 Å². The largest absolute Gasteiger partial charge is 0.206 e. The van der Waals surface area contributed by atoms with Crippen LogP contribution in [0.2, 0.25) is 0 Å². The van der Waals surface area contributed by atoms with E-state index in [0.29, 0.717) is 5.56 Å². The summed E-state index contributed by atoms with van der Waals surface area (Å²) in [6.45, 7) is 6.37. The summed E-state index contributed by atoms with van der Waals surface area (Å²) >= 11 is 1.69. The second kappa shape index (κ2) is 6.67. The lowest BCUT2D eigenvalue weighted by Crippen LogP contribution is -1.86. The average Bonchev–Trinajstić information content (AvgIpc) is 2.95. The number of halogens is 1. The van der Waals surface area contributed by atoms with Crippen molar-refractivity contribution in [2.45, 2.75) is 33.6 Å². The van der Waals surface area contributed by atoms with E-state index < -0.39 is 0 Å². The first-order chi connectivity index (χ1) is 11.1. The topological polar surface area (TPSA) is 0 Å². The first-order valence-corrected chi connectivity index (χ1v) is 8.92. The molecule has 0 N–H and O–H groups in total. The number of aryl methyl sites for hydroxylation is 3. The fourth-order valence-electron chi connectivity index (χ4n) is 2.83. The van der Waals surface area contributed by atoms with E-state index in [0.717, 1.165) is 28.8 Å². The lowest BCUT2D eigenvalue weighted by molar-refractivity contribution is 0.632. The molecule has 0 aliphatic carbocycles. The van der Waals surface area contributed by atoms with Crippen molar-refractivity contribution in [2.75, 3.05) is 0 Å². The first kappa shape index (κ1) is 15.9. The summed E-state index contributed by atoms with van der Waals surface area (Å²) in [6.07, 6.45) is 2.02. The maximum absolute atomic E-state index is 14.6. The van der Waals surface area contributed by atoms with Gasteiger partial charge in [0, 0.05) is 15.3 Å². The van der Waals surface area contributed by atoms with E-state index in [-0.39, 0.29) is 5.82 Å². The van der Waals surface area contributed by atoms with Gasteiger partial charge in [-0.1, -0.05) is 44.2 Å². The Balaban J connectivity index is 1.96. The Morgan fingerprint density at radius 3 is 2.13 bits per heavy atom. The number of rotatable bonds is 4. The maximum atomic E-state index is 14.6. The molecule has 0 aliphatic rings. The molecule has 23 heavy (non-hydrogen) atoms. The van der Waals surface area contributed by atoms with Crippen molar-refractivity contribution in [1.29, 1.82) is 0 Å². The van der Waals surface area contributed by atoms with Crippen LogP contribution in [0.25, 0.3) is 21.6 Å². The lowest BCUT2D eigenvalue weighted by Gasteiger charge is -2.06. The highest BCUT2D eigenvalue weighted by molar-refractivity contribution is 7.15. The molecule has 0 fully saturated rings. The Hall–Kier alpha value is -1.93. The third-order valence-corrected chi connectivity index (χ3v) is 5.69. The molecule has 1 aromatic heterocycles. The smallest absolute Gasteiger partial charge is 0.132 e. The molecule has 1 heterocycles. The van der Waals surface area contributed by atoms with Gasteiger partial charge in [0.2, 0.25) is 0 Å². The van der Waals surface area contributed by atoms with Crippen molar-refractivity contribution < 1.29 is 4.39 Å². The van der Waals surface area contributed by atoms with E-state index in [1.54, 1.807) is 17.4 Å². The highest BCUT2D eigenvalue weighted by Gasteiger charge is 2.11. The Morgan fingerprint density at radius 2 is 1.57 bits per heavy atom. The minimum Gasteiger partial charge on any atom is -0.206 e. The SMILES string of the molecule is CCc1ccc(-c2ccc(-c3cc(C)c(CC)s3)c(F)c2)cc1. The third-order valence-electron chi connectivity index (χ3n) is 4.27. The van der Waals surface area contributed by atoms with Gasteiger partial charge in [-0.05, 0) is 60.2 Å². The highest BCUT2D eigenvalue weighted by Crippen LogP contribution is 2.34. The van der Waals surface area contributed by atoms with Gasteiger partial charge in [-0.2, -0.15) is 0 Å². The van der Waals surface area contributed by atoms with Gasteiger partial charge >= 0.3 is 0 Å². The van der Waals surface area contributed by atoms with Crippen LogP contribution in [0.4, 0.5) is 4.39 Å². The van der Waals surface area contributed by atoms with Gasteiger partial charge in [-0.15, -0.1) is 11.3 Å². The van der Waals surface area contributed by atoms with Crippen molar-refractivity contribution in [3.63, 3.8) is 0 Å². The Labute approximate surface area is 141 Å². The molecule has 0 radical (unpaired) electrons.